The quantitative estimate of drug-likeness (QED) is 0.566. The number of aliphatic imine (C=N–C) groups is 1. The zero-order valence-corrected chi connectivity index (χ0v) is 17.5. The highest BCUT2D eigenvalue weighted by molar-refractivity contribution is 5.73. The van der Waals surface area contributed by atoms with Gasteiger partial charge in [-0.25, -0.2) is 14.6 Å². The number of amides is 2. The molecule has 0 bridgehead atoms. The fourth-order valence-corrected chi connectivity index (χ4v) is 4.80. The first-order valence-corrected chi connectivity index (χ1v) is 10.3. The van der Waals surface area contributed by atoms with E-state index in [4.69, 9.17) is 9.47 Å². The number of hydrogen-bond donors (Lipinski definition) is 2. The number of rotatable bonds is 6. The molecule has 0 spiro atoms. The number of isocyanates is 1. The number of carbonyl (C=O) groups excluding carboxylic acids is 2. The van der Waals surface area contributed by atoms with E-state index in [0.717, 1.165) is 36.3 Å². The van der Waals surface area contributed by atoms with Crippen LogP contribution in [0.4, 0.5) is 4.79 Å². The predicted octanol–water partition coefficient (Wildman–Crippen LogP) is 3.22. The van der Waals surface area contributed by atoms with Crippen LogP contribution in [0.1, 0.15) is 45.6 Å². The second-order valence-corrected chi connectivity index (χ2v) is 9.27. The summed E-state index contributed by atoms with van der Waals surface area (Å²) in [5.74, 6) is 1.53. The van der Waals surface area contributed by atoms with Crippen LogP contribution in [-0.2, 0) is 11.2 Å². The summed E-state index contributed by atoms with van der Waals surface area (Å²) in [7, 11) is 0. The summed E-state index contributed by atoms with van der Waals surface area (Å²) >= 11 is 0. The van der Waals surface area contributed by atoms with Crippen LogP contribution in [0.5, 0.6) is 11.5 Å². The number of hydrogen-bond acceptors (Lipinski definition) is 5. The molecule has 7 heteroatoms. The van der Waals surface area contributed by atoms with E-state index < -0.39 is 0 Å². The smallest absolute Gasteiger partial charge is 0.314 e. The van der Waals surface area contributed by atoms with Gasteiger partial charge < -0.3 is 20.1 Å². The lowest BCUT2D eigenvalue weighted by atomic mass is 9.63. The summed E-state index contributed by atoms with van der Waals surface area (Å²) < 4.78 is 11.1. The molecule has 1 saturated carbocycles. The van der Waals surface area contributed by atoms with E-state index in [1.807, 2.05) is 18.2 Å². The summed E-state index contributed by atoms with van der Waals surface area (Å²) in [5.41, 5.74) is 1.07. The lowest BCUT2D eigenvalue weighted by Gasteiger charge is -2.45. The first kappa shape index (κ1) is 21.2. The molecule has 2 aliphatic rings. The summed E-state index contributed by atoms with van der Waals surface area (Å²) in [5, 5.41) is 5.91. The second kappa shape index (κ2) is 8.87. The Kier molecular flexibility index (Phi) is 6.48. The van der Waals surface area contributed by atoms with Crippen molar-refractivity contribution in [3.8, 4) is 11.5 Å². The van der Waals surface area contributed by atoms with E-state index in [-0.39, 0.29) is 22.9 Å². The molecule has 0 aromatic heterocycles. The molecule has 2 atom stereocenters. The molecule has 158 valence electrons. The number of nitrogens with zero attached hydrogens (tertiary/aromatic N) is 1. The Morgan fingerprint density at radius 1 is 1.17 bits per heavy atom. The minimum atomic E-state index is -0.178. The molecular formula is C22H31N3O4. The molecule has 29 heavy (non-hydrogen) atoms. The molecular weight excluding hydrogens is 370 g/mol. The Labute approximate surface area is 172 Å². The Hall–Kier alpha value is -2.53. The number of nitrogens with one attached hydrogen (secondary N) is 2. The first-order valence-electron chi connectivity index (χ1n) is 10.3. The Balaban J connectivity index is 1.45. The molecule has 1 fully saturated rings. The normalized spacial score (nSPS) is 24.9. The number of urea groups is 1. The highest BCUT2D eigenvalue weighted by Gasteiger charge is 2.41. The number of benzene rings is 1. The van der Waals surface area contributed by atoms with E-state index in [1.54, 1.807) is 6.08 Å². The Morgan fingerprint density at radius 3 is 2.69 bits per heavy atom. The molecule has 0 saturated heterocycles. The van der Waals surface area contributed by atoms with Crippen molar-refractivity contribution in [1.82, 2.24) is 10.6 Å². The summed E-state index contributed by atoms with van der Waals surface area (Å²) in [6.07, 6.45) is 5.04. The average molecular weight is 402 g/mol. The molecule has 2 N–H and O–H groups in total. The standard InChI is InChI=1S/C22H31N3O4/c1-21(2)11-17(25-15-26)12-22(3,13-21)14-24-20(27)23-7-6-16-4-5-18-19(10-16)29-9-8-28-18/h4-5,10,17H,6-9,11-14H2,1-3H3,(H2,23,24,27). The maximum atomic E-state index is 12.3. The third-order valence-corrected chi connectivity index (χ3v) is 5.64. The van der Waals surface area contributed by atoms with Gasteiger partial charge in [-0.2, -0.15) is 0 Å². The third kappa shape index (κ3) is 5.97. The maximum Gasteiger partial charge on any atom is 0.314 e. The monoisotopic (exact) mass is 401 g/mol. The molecule has 1 aromatic rings. The maximum absolute atomic E-state index is 12.3. The fraction of sp³-hybridized carbons (Fsp3) is 0.636. The SMILES string of the molecule is CC1(C)CC(N=C=O)CC(C)(CNC(=O)NCCc2ccc3c(c2)OCCO3)C1. The van der Waals surface area contributed by atoms with Crippen LogP contribution in [0.15, 0.2) is 23.2 Å². The van der Waals surface area contributed by atoms with E-state index in [2.05, 4.69) is 36.4 Å². The van der Waals surface area contributed by atoms with Gasteiger partial charge in [0.2, 0.25) is 6.08 Å². The topological polar surface area (TPSA) is 89.0 Å². The highest BCUT2D eigenvalue weighted by Crippen LogP contribution is 2.46. The number of fused-ring (bicyclic) bond motifs is 1. The van der Waals surface area contributed by atoms with E-state index in [1.165, 1.54) is 0 Å². The second-order valence-electron chi connectivity index (χ2n) is 9.27. The number of ether oxygens (including phenoxy) is 2. The van der Waals surface area contributed by atoms with Gasteiger partial charge in [0.15, 0.2) is 11.5 Å². The largest absolute Gasteiger partial charge is 0.486 e. The van der Waals surface area contributed by atoms with Crippen molar-refractivity contribution in [1.29, 1.82) is 0 Å². The van der Waals surface area contributed by atoms with Crippen molar-refractivity contribution < 1.29 is 19.1 Å². The molecule has 3 rings (SSSR count). The van der Waals surface area contributed by atoms with Gasteiger partial charge in [-0.3, -0.25) is 0 Å². The minimum absolute atomic E-state index is 0.0266. The van der Waals surface area contributed by atoms with Crippen LogP contribution in [0, 0.1) is 10.8 Å². The lowest BCUT2D eigenvalue weighted by Crippen LogP contribution is -2.47. The Bertz CT molecular complexity index is 788. The molecule has 1 aromatic carbocycles. The third-order valence-electron chi connectivity index (χ3n) is 5.64. The van der Waals surface area contributed by atoms with Gasteiger partial charge in [-0.05, 0) is 54.2 Å². The van der Waals surface area contributed by atoms with Crippen LogP contribution in [-0.4, -0.2) is 44.5 Å². The van der Waals surface area contributed by atoms with Crippen molar-refractivity contribution in [2.24, 2.45) is 15.8 Å². The van der Waals surface area contributed by atoms with Gasteiger partial charge in [-0.1, -0.05) is 26.8 Å². The summed E-state index contributed by atoms with van der Waals surface area (Å²) in [6.45, 7) is 8.74. The van der Waals surface area contributed by atoms with Gasteiger partial charge in [0, 0.05) is 13.1 Å². The molecule has 0 radical (unpaired) electrons. The van der Waals surface area contributed by atoms with Crippen molar-refractivity contribution in [2.75, 3.05) is 26.3 Å². The van der Waals surface area contributed by atoms with Crippen LogP contribution in [0.3, 0.4) is 0 Å². The van der Waals surface area contributed by atoms with Crippen LogP contribution >= 0.6 is 0 Å². The zero-order valence-electron chi connectivity index (χ0n) is 17.5. The van der Waals surface area contributed by atoms with Crippen LogP contribution in [0.2, 0.25) is 0 Å². The molecule has 1 aliphatic carbocycles. The highest BCUT2D eigenvalue weighted by atomic mass is 16.6. The zero-order chi connectivity index (χ0) is 20.9. The predicted molar refractivity (Wildman–Crippen MR) is 110 cm³/mol. The minimum Gasteiger partial charge on any atom is -0.486 e. The number of carbonyl (C=O) groups is 1. The average Bonchev–Trinajstić information content (AvgIpc) is 2.65. The van der Waals surface area contributed by atoms with Crippen LogP contribution in [0.25, 0.3) is 0 Å². The van der Waals surface area contributed by atoms with Gasteiger partial charge in [0.1, 0.15) is 13.2 Å². The van der Waals surface area contributed by atoms with Gasteiger partial charge >= 0.3 is 6.03 Å². The lowest BCUT2D eigenvalue weighted by molar-refractivity contribution is 0.0850. The fourth-order valence-electron chi connectivity index (χ4n) is 4.80. The van der Waals surface area contributed by atoms with Crippen molar-refractivity contribution in [2.45, 2.75) is 52.5 Å². The molecule has 1 aliphatic heterocycles. The van der Waals surface area contributed by atoms with E-state index in [0.29, 0.717) is 32.7 Å². The summed E-state index contributed by atoms with van der Waals surface area (Å²) in [4.78, 5) is 26.9. The van der Waals surface area contributed by atoms with E-state index >= 15 is 0 Å². The summed E-state index contributed by atoms with van der Waals surface area (Å²) in [6, 6.07) is 5.66. The van der Waals surface area contributed by atoms with Crippen molar-refractivity contribution in [3.05, 3.63) is 23.8 Å². The van der Waals surface area contributed by atoms with Gasteiger partial charge in [0.25, 0.3) is 0 Å². The van der Waals surface area contributed by atoms with Crippen molar-refractivity contribution >= 4 is 12.1 Å². The first-order chi connectivity index (χ1) is 13.8. The van der Waals surface area contributed by atoms with Crippen molar-refractivity contribution in [3.63, 3.8) is 0 Å². The molecule has 7 nitrogen and oxygen atoms in total. The Morgan fingerprint density at radius 2 is 1.93 bits per heavy atom. The van der Waals surface area contributed by atoms with E-state index in [9.17, 15) is 9.59 Å². The van der Waals surface area contributed by atoms with Crippen LogP contribution < -0.4 is 20.1 Å². The van der Waals surface area contributed by atoms with Gasteiger partial charge in [-0.15, -0.1) is 0 Å². The van der Waals surface area contributed by atoms with Gasteiger partial charge in [0.05, 0.1) is 6.04 Å². The molecule has 2 amide bonds. The molecule has 2 unspecified atom stereocenters. The molecule has 1 heterocycles.